The summed E-state index contributed by atoms with van der Waals surface area (Å²) in [5, 5.41) is 18.0. The van der Waals surface area contributed by atoms with E-state index in [1.54, 1.807) is 24.1 Å². The Balaban J connectivity index is 1.81. The third kappa shape index (κ3) is 3.55. The number of methoxy groups -OCH3 is 2. The van der Waals surface area contributed by atoms with Crippen LogP contribution in [0.4, 0.5) is 0 Å². The van der Waals surface area contributed by atoms with Crippen LogP contribution in [0.15, 0.2) is 24.3 Å². The number of likely N-dealkylation sites (tertiary alicyclic amines) is 1. The van der Waals surface area contributed by atoms with Gasteiger partial charge in [-0.15, -0.1) is 0 Å². The highest BCUT2D eigenvalue weighted by molar-refractivity contribution is 7.71. The van der Waals surface area contributed by atoms with Gasteiger partial charge in [-0.1, -0.05) is 0 Å². The van der Waals surface area contributed by atoms with Crippen LogP contribution in [0.1, 0.15) is 6.42 Å². The normalized spacial score (nSPS) is 20.6. The Kier molecular flexibility index (Phi) is 5.11. The van der Waals surface area contributed by atoms with Crippen LogP contribution in [0.3, 0.4) is 0 Å². The van der Waals surface area contributed by atoms with Gasteiger partial charge in [0.05, 0.1) is 32.7 Å². The Morgan fingerprint density at radius 3 is 2.68 bits per heavy atom. The third-order valence-electron chi connectivity index (χ3n) is 4.13. The van der Waals surface area contributed by atoms with E-state index in [1.807, 2.05) is 12.1 Å². The van der Waals surface area contributed by atoms with Crippen molar-refractivity contribution >= 4 is 18.2 Å². The highest BCUT2D eigenvalue weighted by Crippen LogP contribution is 2.20. The molecule has 10 heteroatoms. The van der Waals surface area contributed by atoms with Gasteiger partial charge in [-0.05, 0) is 46.9 Å². The molecule has 0 aliphatic carbocycles. The summed E-state index contributed by atoms with van der Waals surface area (Å²) in [6, 6.07) is 6.74. The van der Waals surface area contributed by atoms with Crippen molar-refractivity contribution in [1.29, 1.82) is 0 Å². The number of tetrazole rings is 1. The Morgan fingerprint density at radius 1 is 1.32 bits per heavy atom. The first kappa shape index (κ1) is 17.5. The van der Waals surface area contributed by atoms with Crippen molar-refractivity contribution in [3.05, 3.63) is 29.0 Å². The second-order valence-electron chi connectivity index (χ2n) is 5.71. The van der Waals surface area contributed by atoms with Gasteiger partial charge in [0.1, 0.15) is 11.8 Å². The molecule has 1 aliphatic heterocycles. The second kappa shape index (κ2) is 7.30. The minimum Gasteiger partial charge on any atom is -0.497 e. The molecule has 3 rings (SSSR count). The molecule has 25 heavy (non-hydrogen) atoms. The van der Waals surface area contributed by atoms with Crippen molar-refractivity contribution in [3.8, 4) is 11.4 Å². The molecule has 0 radical (unpaired) electrons. The number of esters is 1. The summed E-state index contributed by atoms with van der Waals surface area (Å²) in [7, 11) is 2.93. The Bertz CT molecular complexity index is 803. The number of β-amino-alcohol motifs (C(OH)–C–C–N with tert-alkyl or cyclic N) is 1. The van der Waals surface area contributed by atoms with Crippen molar-refractivity contribution in [2.24, 2.45) is 0 Å². The van der Waals surface area contributed by atoms with E-state index >= 15 is 0 Å². The summed E-state index contributed by atoms with van der Waals surface area (Å²) in [5.41, 5.74) is 0.753. The number of benzene rings is 1. The van der Waals surface area contributed by atoms with Crippen molar-refractivity contribution < 1.29 is 19.4 Å². The molecular formula is C15H19N5O4S. The van der Waals surface area contributed by atoms with E-state index in [1.165, 1.54) is 16.5 Å². The number of rotatable bonds is 5. The van der Waals surface area contributed by atoms with Crippen molar-refractivity contribution in [3.63, 3.8) is 0 Å². The molecule has 0 amide bonds. The summed E-state index contributed by atoms with van der Waals surface area (Å²) >= 11 is 5.43. The van der Waals surface area contributed by atoms with Crippen LogP contribution in [0.2, 0.25) is 0 Å². The first-order valence-electron chi connectivity index (χ1n) is 7.70. The number of aliphatic hydroxyl groups excluding tert-OH is 1. The van der Waals surface area contributed by atoms with Crippen molar-refractivity contribution in [2.45, 2.75) is 25.2 Å². The van der Waals surface area contributed by atoms with Gasteiger partial charge in [-0.3, -0.25) is 9.69 Å². The molecule has 1 N–H and O–H groups in total. The van der Waals surface area contributed by atoms with Crippen LogP contribution < -0.4 is 4.74 Å². The number of nitrogens with zero attached hydrogens (tertiary/aromatic N) is 5. The predicted molar refractivity (Wildman–Crippen MR) is 89.9 cm³/mol. The number of carbonyl (C=O) groups excluding carboxylic acids is 1. The molecule has 1 fully saturated rings. The Hall–Kier alpha value is -2.30. The number of aromatic nitrogens is 4. The fraction of sp³-hybridized carbons (Fsp3) is 0.467. The molecule has 0 bridgehead atoms. The lowest BCUT2D eigenvalue weighted by Gasteiger charge is -2.21. The number of hydrogen-bond acceptors (Lipinski definition) is 8. The van der Waals surface area contributed by atoms with Crippen molar-refractivity contribution in [1.82, 2.24) is 24.7 Å². The summed E-state index contributed by atoms with van der Waals surface area (Å²) in [5.74, 6) is 0.347. The fourth-order valence-electron chi connectivity index (χ4n) is 2.84. The summed E-state index contributed by atoms with van der Waals surface area (Å²) < 4.78 is 13.3. The molecule has 2 heterocycles. The van der Waals surface area contributed by atoms with Crippen LogP contribution in [0.25, 0.3) is 5.69 Å². The third-order valence-corrected chi connectivity index (χ3v) is 4.51. The van der Waals surface area contributed by atoms with E-state index < -0.39 is 12.1 Å². The number of aliphatic hydroxyl groups is 1. The molecule has 1 aromatic heterocycles. The Morgan fingerprint density at radius 2 is 2.04 bits per heavy atom. The average Bonchev–Trinajstić information content (AvgIpc) is 3.17. The molecule has 1 aromatic carbocycles. The standard InChI is InChI=1S/C15H19N5O4S/c1-23-12-5-3-10(4-6-12)20-15(25)19(16-17-20)9-18-8-11(21)7-13(18)14(22)24-2/h3-6,11,13,21H,7-9H2,1-2H3/t11-,13-/m0/s1. The van der Waals surface area contributed by atoms with E-state index in [-0.39, 0.29) is 12.6 Å². The molecular weight excluding hydrogens is 346 g/mol. The molecule has 9 nitrogen and oxygen atoms in total. The van der Waals surface area contributed by atoms with Gasteiger partial charge < -0.3 is 14.6 Å². The number of ether oxygens (including phenoxy) is 2. The zero-order valence-corrected chi connectivity index (χ0v) is 14.7. The topological polar surface area (TPSA) is 94.6 Å². The largest absolute Gasteiger partial charge is 0.497 e. The molecule has 2 aromatic rings. The zero-order chi connectivity index (χ0) is 18.0. The van der Waals surface area contributed by atoms with Gasteiger partial charge >= 0.3 is 5.97 Å². The van der Waals surface area contributed by atoms with Crippen LogP contribution in [-0.4, -0.2) is 68.7 Å². The summed E-state index contributed by atoms with van der Waals surface area (Å²) in [6.07, 6.45) is -0.262. The highest BCUT2D eigenvalue weighted by Gasteiger charge is 2.37. The molecule has 2 atom stereocenters. The van der Waals surface area contributed by atoms with Crippen LogP contribution in [-0.2, 0) is 16.2 Å². The lowest BCUT2D eigenvalue weighted by molar-refractivity contribution is -0.146. The van der Waals surface area contributed by atoms with E-state index in [2.05, 4.69) is 10.4 Å². The van der Waals surface area contributed by atoms with Gasteiger partial charge in [0.15, 0.2) is 0 Å². The quantitative estimate of drug-likeness (QED) is 0.600. The smallest absolute Gasteiger partial charge is 0.323 e. The highest BCUT2D eigenvalue weighted by atomic mass is 32.1. The van der Waals surface area contributed by atoms with Crippen molar-refractivity contribution in [2.75, 3.05) is 20.8 Å². The van der Waals surface area contributed by atoms with E-state index in [0.717, 1.165) is 11.4 Å². The SMILES string of the molecule is COC(=O)[C@@H]1C[C@H](O)CN1Cn1nnn(-c2ccc(OC)cc2)c1=S. The monoisotopic (exact) mass is 365 g/mol. The number of carbonyl (C=O) groups is 1. The van der Waals surface area contributed by atoms with Crippen LogP contribution in [0.5, 0.6) is 5.75 Å². The average molecular weight is 365 g/mol. The summed E-state index contributed by atoms with van der Waals surface area (Å²) in [4.78, 5) is 13.6. The van der Waals surface area contributed by atoms with Crippen LogP contribution >= 0.6 is 12.2 Å². The van der Waals surface area contributed by atoms with Crippen LogP contribution in [0, 0.1) is 4.77 Å². The summed E-state index contributed by atoms with van der Waals surface area (Å²) in [6.45, 7) is 0.586. The van der Waals surface area contributed by atoms with Gasteiger partial charge in [-0.2, -0.15) is 4.68 Å². The molecule has 1 saturated heterocycles. The lowest BCUT2D eigenvalue weighted by Crippen LogP contribution is -2.38. The maximum Gasteiger partial charge on any atom is 0.323 e. The zero-order valence-electron chi connectivity index (χ0n) is 13.9. The molecule has 134 valence electrons. The molecule has 0 spiro atoms. The maximum absolute atomic E-state index is 11.9. The molecule has 1 aliphatic rings. The van der Waals surface area contributed by atoms with Gasteiger partial charge in [0.2, 0.25) is 4.77 Å². The van der Waals surface area contributed by atoms with Gasteiger partial charge in [0, 0.05) is 13.0 Å². The van der Waals surface area contributed by atoms with E-state index in [4.69, 9.17) is 21.7 Å². The second-order valence-corrected chi connectivity index (χ2v) is 6.08. The number of hydrogen-bond donors (Lipinski definition) is 1. The first-order chi connectivity index (χ1) is 12.0. The lowest BCUT2D eigenvalue weighted by atomic mass is 10.2. The predicted octanol–water partition coefficient (Wildman–Crippen LogP) is 0.373. The minimum atomic E-state index is -0.588. The maximum atomic E-state index is 11.9. The molecule has 0 saturated carbocycles. The fourth-order valence-corrected chi connectivity index (χ4v) is 3.07. The van der Waals surface area contributed by atoms with Gasteiger partial charge in [0.25, 0.3) is 0 Å². The first-order valence-corrected chi connectivity index (χ1v) is 8.11. The minimum absolute atomic E-state index is 0.242. The van der Waals surface area contributed by atoms with E-state index in [9.17, 15) is 9.90 Å². The molecule has 0 unspecified atom stereocenters. The van der Waals surface area contributed by atoms with Gasteiger partial charge in [-0.25, -0.2) is 4.68 Å². The van der Waals surface area contributed by atoms with E-state index in [0.29, 0.717) is 17.7 Å². The Labute approximate surface area is 149 Å².